The Hall–Kier alpha value is 0.0400. The largest absolute Gasteiger partial charge is 0.330 e. The standard InChI is InChI=1S/C9H12Cl2N2S/c10-8-4-9(11)13-5-7(8)6-14-3-1-2-12/h4-5H,1-3,6,12H2. The summed E-state index contributed by atoms with van der Waals surface area (Å²) in [6.07, 6.45) is 2.75. The average Bonchev–Trinajstić information content (AvgIpc) is 2.15. The molecule has 0 aromatic carbocycles. The van der Waals surface area contributed by atoms with Crippen LogP contribution in [0.3, 0.4) is 0 Å². The summed E-state index contributed by atoms with van der Waals surface area (Å²) in [5.74, 6) is 1.92. The normalized spacial score (nSPS) is 10.5. The molecular formula is C9H12Cl2N2S. The summed E-state index contributed by atoms with van der Waals surface area (Å²) in [7, 11) is 0. The molecule has 0 atom stereocenters. The maximum atomic E-state index is 5.98. The molecule has 0 aliphatic heterocycles. The molecule has 0 bridgehead atoms. The van der Waals surface area contributed by atoms with Crippen LogP contribution in [0.4, 0.5) is 0 Å². The van der Waals surface area contributed by atoms with E-state index in [4.69, 9.17) is 28.9 Å². The van der Waals surface area contributed by atoms with Crippen LogP contribution in [-0.2, 0) is 5.75 Å². The highest BCUT2D eigenvalue weighted by molar-refractivity contribution is 7.98. The van der Waals surface area contributed by atoms with Gasteiger partial charge in [0.15, 0.2) is 0 Å². The predicted octanol–water partition coefficient (Wildman–Crippen LogP) is 2.97. The Morgan fingerprint density at radius 2 is 2.21 bits per heavy atom. The number of pyridine rings is 1. The lowest BCUT2D eigenvalue weighted by Crippen LogP contribution is -1.99. The zero-order valence-corrected chi connectivity index (χ0v) is 10.0. The number of thioether (sulfide) groups is 1. The average molecular weight is 251 g/mol. The van der Waals surface area contributed by atoms with Crippen LogP contribution in [-0.4, -0.2) is 17.3 Å². The zero-order valence-electron chi connectivity index (χ0n) is 7.67. The van der Waals surface area contributed by atoms with Gasteiger partial charge in [-0.2, -0.15) is 11.8 Å². The fraction of sp³-hybridized carbons (Fsp3) is 0.444. The fourth-order valence-electron chi connectivity index (χ4n) is 0.910. The van der Waals surface area contributed by atoms with E-state index in [9.17, 15) is 0 Å². The van der Waals surface area contributed by atoms with Gasteiger partial charge in [0, 0.05) is 17.0 Å². The second-order valence-electron chi connectivity index (χ2n) is 2.79. The first-order chi connectivity index (χ1) is 6.74. The molecule has 1 aromatic heterocycles. The van der Waals surface area contributed by atoms with Gasteiger partial charge in [-0.05, 0) is 30.3 Å². The van der Waals surface area contributed by atoms with Crippen molar-refractivity contribution >= 4 is 35.0 Å². The minimum absolute atomic E-state index is 0.436. The Balaban J connectivity index is 2.42. The topological polar surface area (TPSA) is 38.9 Å². The second-order valence-corrected chi connectivity index (χ2v) is 4.69. The van der Waals surface area contributed by atoms with E-state index in [2.05, 4.69) is 4.98 Å². The third-order valence-corrected chi connectivity index (χ3v) is 3.30. The molecule has 0 aliphatic rings. The minimum atomic E-state index is 0.436. The SMILES string of the molecule is NCCCSCc1cnc(Cl)cc1Cl. The number of rotatable bonds is 5. The maximum absolute atomic E-state index is 5.98. The van der Waals surface area contributed by atoms with Crippen LogP contribution in [0.2, 0.25) is 10.2 Å². The van der Waals surface area contributed by atoms with Gasteiger partial charge in [0.25, 0.3) is 0 Å². The summed E-state index contributed by atoms with van der Waals surface area (Å²) in [6.45, 7) is 0.736. The van der Waals surface area contributed by atoms with E-state index in [-0.39, 0.29) is 0 Å². The van der Waals surface area contributed by atoms with Crippen molar-refractivity contribution in [1.29, 1.82) is 0 Å². The van der Waals surface area contributed by atoms with Gasteiger partial charge in [-0.3, -0.25) is 0 Å². The summed E-state index contributed by atoms with van der Waals surface area (Å²) in [5.41, 5.74) is 6.41. The van der Waals surface area contributed by atoms with Crippen molar-refractivity contribution in [3.8, 4) is 0 Å². The third-order valence-electron chi connectivity index (χ3n) is 1.65. The highest BCUT2D eigenvalue weighted by atomic mass is 35.5. The number of nitrogens with zero attached hydrogens (tertiary/aromatic N) is 1. The van der Waals surface area contributed by atoms with Gasteiger partial charge in [-0.25, -0.2) is 4.98 Å². The van der Waals surface area contributed by atoms with Gasteiger partial charge in [0.05, 0.1) is 0 Å². The number of hydrogen-bond donors (Lipinski definition) is 1. The van der Waals surface area contributed by atoms with Crippen molar-refractivity contribution in [2.45, 2.75) is 12.2 Å². The molecule has 14 heavy (non-hydrogen) atoms. The van der Waals surface area contributed by atoms with E-state index in [0.717, 1.165) is 30.0 Å². The molecule has 0 unspecified atom stereocenters. The van der Waals surface area contributed by atoms with E-state index in [1.54, 1.807) is 24.0 Å². The van der Waals surface area contributed by atoms with E-state index < -0.39 is 0 Å². The second kappa shape index (κ2) is 6.51. The molecule has 2 N–H and O–H groups in total. The van der Waals surface area contributed by atoms with E-state index in [1.807, 2.05) is 0 Å². The Bertz CT molecular complexity index is 294. The predicted molar refractivity (Wildman–Crippen MR) is 64.1 cm³/mol. The van der Waals surface area contributed by atoms with Gasteiger partial charge >= 0.3 is 0 Å². The summed E-state index contributed by atoms with van der Waals surface area (Å²) >= 11 is 13.5. The van der Waals surface area contributed by atoms with Gasteiger partial charge in [-0.15, -0.1) is 0 Å². The Kier molecular flexibility index (Phi) is 5.63. The summed E-state index contributed by atoms with van der Waals surface area (Å²) in [5, 5.41) is 1.12. The van der Waals surface area contributed by atoms with Crippen LogP contribution < -0.4 is 5.73 Å². The summed E-state index contributed by atoms with van der Waals surface area (Å²) in [6, 6.07) is 1.67. The third kappa shape index (κ3) is 4.05. The molecule has 1 heterocycles. The van der Waals surface area contributed by atoms with Crippen molar-refractivity contribution in [2.75, 3.05) is 12.3 Å². The molecule has 5 heteroatoms. The fourth-order valence-corrected chi connectivity index (χ4v) is 2.39. The number of aromatic nitrogens is 1. The van der Waals surface area contributed by atoms with E-state index >= 15 is 0 Å². The van der Waals surface area contributed by atoms with Crippen LogP contribution in [0.15, 0.2) is 12.3 Å². The van der Waals surface area contributed by atoms with Gasteiger partial charge in [-0.1, -0.05) is 23.2 Å². The summed E-state index contributed by atoms with van der Waals surface area (Å²) < 4.78 is 0. The minimum Gasteiger partial charge on any atom is -0.330 e. The first-order valence-corrected chi connectivity index (χ1v) is 6.23. The molecule has 0 amide bonds. The highest BCUT2D eigenvalue weighted by Gasteiger charge is 2.01. The van der Waals surface area contributed by atoms with Crippen molar-refractivity contribution in [3.63, 3.8) is 0 Å². The first-order valence-electron chi connectivity index (χ1n) is 4.31. The number of halogens is 2. The zero-order chi connectivity index (χ0) is 10.4. The molecule has 78 valence electrons. The Morgan fingerprint density at radius 3 is 2.86 bits per heavy atom. The van der Waals surface area contributed by atoms with Gasteiger partial charge in [0.1, 0.15) is 5.15 Å². The smallest absolute Gasteiger partial charge is 0.130 e. The Labute approximate surface area is 98.2 Å². The van der Waals surface area contributed by atoms with Crippen molar-refractivity contribution in [1.82, 2.24) is 4.98 Å². The van der Waals surface area contributed by atoms with E-state index in [1.165, 1.54) is 0 Å². The van der Waals surface area contributed by atoms with E-state index in [0.29, 0.717) is 10.2 Å². The van der Waals surface area contributed by atoms with Gasteiger partial charge < -0.3 is 5.73 Å². The molecule has 1 rings (SSSR count). The highest BCUT2D eigenvalue weighted by Crippen LogP contribution is 2.22. The van der Waals surface area contributed by atoms with Crippen LogP contribution in [0.25, 0.3) is 0 Å². The van der Waals surface area contributed by atoms with Crippen molar-refractivity contribution in [3.05, 3.63) is 28.0 Å². The maximum Gasteiger partial charge on any atom is 0.130 e. The first kappa shape index (κ1) is 12.1. The molecule has 2 nitrogen and oxygen atoms in total. The quantitative estimate of drug-likeness (QED) is 0.646. The molecule has 0 radical (unpaired) electrons. The monoisotopic (exact) mass is 250 g/mol. The lowest BCUT2D eigenvalue weighted by Gasteiger charge is -2.03. The molecule has 0 saturated carbocycles. The lowest BCUT2D eigenvalue weighted by atomic mass is 10.3. The molecule has 0 saturated heterocycles. The van der Waals surface area contributed by atoms with Crippen LogP contribution in [0, 0.1) is 0 Å². The van der Waals surface area contributed by atoms with Crippen LogP contribution >= 0.6 is 35.0 Å². The number of nitrogens with two attached hydrogens (primary N) is 1. The molecule has 1 aromatic rings. The number of hydrogen-bond acceptors (Lipinski definition) is 3. The van der Waals surface area contributed by atoms with Crippen molar-refractivity contribution in [2.24, 2.45) is 5.73 Å². The summed E-state index contributed by atoms with van der Waals surface area (Å²) in [4.78, 5) is 3.98. The van der Waals surface area contributed by atoms with Crippen LogP contribution in [0.5, 0.6) is 0 Å². The molecule has 0 aliphatic carbocycles. The Morgan fingerprint density at radius 1 is 1.43 bits per heavy atom. The molecule has 0 fully saturated rings. The van der Waals surface area contributed by atoms with Crippen LogP contribution in [0.1, 0.15) is 12.0 Å². The molecule has 0 spiro atoms. The lowest BCUT2D eigenvalue weighted by molar-refractivity contribution is 0.943. The molecular weight excluding hydrogens is 239 g/mol. The van der Waals surface area contributed by atoms with Gasteiger partial charge in [0.2, 0.25) is 0 Å². The van der Waals surface area contributed by atoms with Crippen molar-refractivity contribution < 1.29 is 0 Å².